The van der Waals surface area contributed by atoms with Crippen LogP contribution in [-0.4, -0.2) is 41.1 Å². The molecule has 0 atom stereocenters. The van der Waals surface area contributed by atoms with Gasteiger partial charge < -0.3 is 32.0 Å². The number of thiophene rings is 1. The van der Waals surface area contributed by atoms with Gasteiger partial charge in [0.05, 0.1) is 23.7 Å². The molecule has 0 N–H and O–H groups in total. The molecule has 0 amide bonds. The molecule has 0 bridgehead atoms. The summed E-state index contributed by atoms with van der Waals surface area (Å²) in [6, 6.07) is 28.2. The lowest BCUT2D eigenvalue weighted by atomic mass is 9.86. The van der Waals surface area contributed by atoms with Crippen molar-refractivity contribution >= 4 is 58.5 Å². The molecule has 2 aromatic heterocycles. The second-order valence-electron chi connectivity index (χ2n) is 15.8. The topological polar surface area (TPSA) is 46.7 Å². The molecule has 59 heavy (non-hydrogen) atoms. The minimum absolute atomic E-state index is 0.502. The van der Waals surface area contributed by atoms with E-state index in [2.05, 4.69) is 55.1 Å². The number of ether oxygens (including phenoxy) is 2. The van der Waals surface area contributed by atoms with E-state index in [1.54, 1.807) is 13.0 Å². The van der Waals surface area contributed by atoms with E-state index >= 15 is 8.63 Å². The number of allylic oxidation sites excluding steroid dienone is 3. The fraction of sp³-hybridized carbons (Fsp3) is 0.347. The van der Waals surface area contributed by atoms with E-state index in [1.807, 2.05) is 70.2 Å². The molecule has 2 aliphatic rings. The Labute approximate surface area is 352 Å². The quantitative estimate of drug-likeness (QED) is 0.0502. The molecule has 4 heterocycles. The van der Waals surface area contributed by atoms with Crippen molar-refractivity contribution in [1.29, 1.82) is 0 Å². The number of carbonyl (C=O) groups is 1. The molecule has 6 nitrogen and oxygen atoms in total. The number of aldehydes is 1. The third-order valence-corrected chi connectivity index (χ3v) is 12.9. The minimum Gasteiger partial charge on any atom is -0.494 e. The van der Waals surface area contributed by atoms with Crippen LogP contribution in [0.5, 0.6) is 11.5 Å². The zero-order chi connectivity index (χ0) is 41.8. The fourth-order valence-corrected chi connectivity index (χ4v) is 10.0. The SMILES string of the molecule is CCCCCCOc1ccc(N(c2ccc(OCCCCCC)cc2)c2ccc(-c3c(C)c4n(c3C)[B-](F)(F)[N+]3=C(C)C(c5ccc(C=O)s5)=C(C)C3=C4C)cc2)cc1. The molecule has 0 fully saturated rings. The molecule has 308 valence electrons. The molecule has 0 unspecified atom stereocenters. The van der Waals surface area contributed by atoms with Gasteiger partial charge in [0.25, 0.3) is 0 Å². The summed E-state index contributed by atoms with van der Waals surface area (Å²) >= 11 is 1.33. The highest BCUT2D eigenvalue weighted by atomic mass is 32.1. The molecular weight excluding hydrogens is 759 g/mol. The van der Waals surface area contributed by atoms with Crippen molar-refractivity contribution in [3.05, 3.63) is 123 Å². The second kappa shape index (κ2) is 18.0. The molecule has 10 heteroatoms. The van der Waals surface area contributed by atoms with Gasteiger partial charge in [0.15, 0.2) is 12.0 Å². The Bertz CT molecular complexity index is 2350. The lowest BCUT2D eigenvalue weighted by molar-refractivity contribution is -0.363. The molecule has 5 aromatic rings. The Morgan fingerprint density at radius 3 is 1.71 bits per heavy atom. The van der Waals surface area contributed by atoms with Gasteiger partial charge in [-0.2, -0.15) is 0 Å². The number of fused-ring (bicyclic) bond motifs is 2. The summed E-state index contributed by atoms with van der Waals surface area (Å²) in [5.74, 6) is 1.68. The Morgan fingerprint density at radius 1 is 0.695 bits per heavy atom. The molecule has 0 saturated heterocycles. The van der Waals surface area contributed by atoms with Gasteiger partial charge in [0.1, 0.15) is 17.2 Å². The van der Waals surface area contributed by atoms with Crippen LogP contribution in [0.4, 0.5) is 25.7 Å². The van der Waals surface area contributed by atoms with E-state index in [9.17, 15) is 4.79 Å². The number of halogens is 2. The summed E-state index contributed by atoms with van der Waals surface area (Å²) in [7, 11) is 0. The van der Waals surface area contributed by atoms with E-state index < -0.39 is 6.97 Å². The Hall–Kier alpha value is -5.22. The predicted octanol–water partition coefficient (Wildman–Crippen LogP) is 14.0. The first-order valence-corrected chi connectivity index (χ1v) is 22.0. The maximum Gasteiger partial charge on any atom is 0.737 e. The maximum atomic E-state index is 17.1. The van der Waals surface area contributed by atoms with Crippen molar-refractivity contribution in [2.24, 2.45) is 0 Å². The van der Waals surface area contributed by atoms with Crippen molar-refractivity contribution < 1.29 is 27.4 Å². The fourth-order valence-electron chi connectivity index (χ4n) is 9.03. The predicted molar refractivity (Wildman–Crippen MR) is 243 cm³/mol. The summed E-state index contributed by atoms with van der Waals surface area (Å²) < 4.78 is 48.9. The zero-order valence-electron chi connectivity index (χ0n) is 35.5. The van der Waals surface area contributed by atoms with Gasteiger partial charge in [-0.15, -0.1) is 11.3 Å². The first-order chi connectivity index (χ1) is 28.5. The number of anilines is 3. The summed E-state index contributed by atoms with van der Waals surface area (Å²) in [6.07, 6.45) is 10.0. The average Bonchev–Trinajstić information content (AvgIpc) is 3.90. The number of hydrogen-bond donors (Lipinski definition) is 0. The van der Waals surface area contributed by atoms with Crippen molar-refractivity contribution in [3.63, 3.8) is 0 Å². The average molecular weight is 816 g/mol. The lowest BCUT2D eigenvalue weighted by Crippen LogP contribution is -2.51. The third kappa shape index (κ3) is 8.08. The van der Waals surface area contributed by atoms with Gasteiger partial charge in [0, 0.05) is 51.3 Å². The van der Waals surface area contributed by atoms with E-state index in [1.165, 1.54) is 46.0 Å². The Balaban J connectivity index is 1.22. The molecule has 7 rings (SSSR count). The normalized spacial score (nSPS) is 14.5. The van der Waals surface area contributed by atoms with Crippen molar-refractivity contribution in [1.82, 2.24) is 4.48 Å². The summed E-state index contributed by atoms with van der Waals surface area (Å²) in [5, 5.41) is 0. The summed E-state index contributed by atoms with van der Waals surface area (Å²) in [6.45, 7) is 11.0. The van der Waals surface area contributed by atoms with E-state index in [4.69, 9.17) is 9.47 Å². The van der Waals surface area contributed by atoms with Crippen molar-refractivity contribution in [3.8, 4) is 22.6 Å². The number of hydrogen-bond acceptors (Lipinski definition) is 5. The minimum atomic E-state index is -4.23. The second-order valence-corrected chi connectivity index (χ2v) is 16.9. The Kier molecular flexibility index (Phi) is 12.8. The van der Waals surface area contributed by atoms with Crippen LogP contribution in [0.3, 0.4) is 0 Å². The van der Waals surface area contributed by atoms with Gasteiger partial charge in [-0.05, 0) is 130 Å². The van der Waals surface area contributed by atoms with E-state index in [0.717, 1.165) is 98.8 Å². The lowest BCUT2D eigenvalue weighted by Gasteiger charge is -2.32. The van der Waals surface area contributed by atoms with Crippen molar-refractivity contribution in [2.45, 2.75) is 99.8 Å². The van der Waals surface area contributed by atoms with Gasteiger partial charge in [-0.3, -0.25) is 4.79 Å². The molecular formula is C49H56BF2N3O3S. The summed E-state index contributed by atoms with van der Waals surface area (Å²) in [5.41, 5.74) is 9.93. The van der Waals surface area contributed by atoms with E-state index in [0.29, 0.717) is 40.9 Å². The van der Waals surface area contributed by atoms with Crippen LogP contribution in [0.1, 0.15) is 117 Å². The number of aromatic nitrogens is 1. The number of benzene rings is 3. The van der Waals surface area contributed by atoms with E-state index in [-0.39, 0.29) is 0 Å². The number of unbranched alkanes of at least 4 members (excludes halogenated alkanes) is 6. The molecule has 0 aliphatic carbocycles. The molecule has 2 aliphatic heterocycles. The largest absolute Gasteiger partial charge is 0.737 e. The van der Waals surface area contributed by atoms with Crippen LogP contribution in [0.25, 0.3) is 22.3 Å². The third-order valence-electron chi connectivity index (χ3n) is 11.8. The number of rotatable bonds is 18. The summed E-state index contributed by atoms with van der Waals surface area (Å²) in [4.78, 5) is 15.1. The van der Waals surface area contributed by atoms with Crippen LogP contribution in [-0.2, 0) is 0 Å². The molecule has 0 radical (unpaired) electrons. The number of carbonyl (C=O) groups excluding carboxylic acids is 1. The van der Waals surface area contributed by atoms with Gasteiger partial charge in [0.2, 0.25) is 0 Å². The molecule has 3 aromatic carbocycles. The van der Waals surface area contributed by atoms with Crippen LogP contribution in [0.2, 0.25) is 0 Å². The van der Waals surface area contributed by atoms with Crippen LogP contribution >= 0.6 is 11.3 Å². The Morgan fingerprint density at radius 2 is 1.22 bits per heavy atom. The smallest absolute Gasteiger partial charge is 0.494 e. The maximum absolute atomic E-state index is 17.1. The van der Waals surface area contributed by atoms with Crippen molar-refractivity contribution in [2.75, 3.05) is 18.1 Å². The standard InChI is InChI=1S/C49H56BF2N3O3S/c1-8-10-12-14-30-57-42-24-20-40(21-25-42)53(41-22-26-43(27-23-41)58-31-15-13-11-9-2)39-18-16-38(17-19-39)46-33(3)48-35(5)49-34(4)47(45-29-28-44(32-56)59-45)37(7)55(49)50(51,52)54(48)36(46)6/h16-29,32H,8-15,30-31H2,1-7H3. The molecule has 0 spiro atoms. The first kappa shape index (κ1) is 41.9. The van der Waals surface area contributed by atoms with Crippen LogP contribution in [0, 0.1) is 13.8 Å². The van der Waals surface area contributed by atoms with Crippen LogP contribution < -0.4 is 14.4 Å². The molecule has 0 saturated carbocycles. The highest BCUT2D eigenvalue weighted by molar-refractivity contribution is 7.15. The first-order valence-electron chi connectivity index (χ1n) is 21.2. The van der Waals surface area contributed by atoms with Gasteiger partial charge in [-0.1, -0.05) is 64.5 Å². The number of nitrogens with zero attached hydrogens (tertiary/aromatic N) is 3. The van der Waals surface area contributed by atoms with Gasteiger partial charge >= 0.3 is 6.97 Å². The highest BCUT2D eigenvalue weighted by Gasteiger charge is 2.56. The zero-order valence-corrected chi connectivity index (χ0v) is 36.4. The van der Waals surface area contributed by atoms with Crippen LogP contribution in [0.15, 0.2) is 96.2 Å². The highest BCUT2D eigenvalue weighted by Crippen LogP contribution is 2.48. The monoisotopic (exact) mass is 815 g/mol. The van der Waals surface area contributed by atoms with Gasteiger partial charge in [-0.25, -0.2) is 0 Å².